The Morgan fingerprint density at radius 2 is 1.64 bits per heavy atom. The number of nitrogens with one attached hydrogen (secondary N) is 1. The largest absolute Gasteiger partial charge is 0.325 e. The number of anilines is 2. The van der Waals surface area contributed by atoms with Crippen LogP contribution in [-0.2, 0) is 20.9 Å². The van der Waals surface area contributed by atoms with Crippen LogP contribution in [0.5, 0.6) is 0 Å². The Balaban J connectivity index is 1.43. The molecule has 3 amide bonds. The molecule has 3 aromatic rings. The molecule has 5 rings (SSSR count). The molecule has 2 heterocycles. The first-order valence-electron chi connectivity index (χ1n) is 11.1. The molecule has 0 unspecified atom stereocenters. The van der Waals surface area contributed by atoms with Crippen molar-refractivity contribution in [2.75, 3.05) is 16.8 Å². The quantitative estimate of drug-likeness (QED) is 0.351. The van der Waals surface area contributed by atoms with E-state index in [2.05, 4.69) is 5.32 Å². The smallest absolute Gasteiger partial charge is 0.267 e. The number of carbonyl (C=O) groups is 3. The van der Waals surface area contributed by atoms with Crippen LogP contribution in [-0.4, -0.2) is 33.5 Å². The average molecular weight is 534 g/mol. The molecule has 180 valence electrons. The molecule has 0 bridgehead atoms. The molecule has 9 heteroatoms. The number of hydrogen-bond acceptors (Lipinski definition) is 5. The van der Waals surface area contributed by atoms with E-state index in [1.165, 1.54) is 9.80 Å². The zero-order chi connectivity index (χ0) is 25.4. The van der Waals surface area contributed by atoms with Gasteiger partial charge in [-0.2, -0.15) is 0 Å². The van der Waals surface area contributed by atoms with Crippen LogP contribution in [0.3, 0.4) is 0 Å². The van der Waals surface area contributed by atoms with E-state index in [1.807, 2.05) is 49.4 Å². The Morgan fingerprint density at radius 1 is 0.944 bits per heavy atom. The fourth-order valence-corrected chi connectivity index (χ4v) is 5.64. The van der Waals surface area contributed by atoms with E-state index in [-0.39, 0.29) is 35.4 Å². The van der Waals surface area contributed by atoms with Crippen LogP contribution in [0.15, 0.2) is 77.7 Å². The summed E-state index contributed by atoms with van der Waals surface area (Å²) >= 11 is 12.9. The monoisotopic (exact) mass is 533 g/mol. The molecule has 0 aliphatic carbocycles. The molecule has 1 saturated heterocycles. The zero-order valence-corrected chi connectivity index (χ0v) is 21.5. The van der Waals surface area contributed by atoms with Gasteiger partial charge in [-0.05, 0) is 36.8 Å². The lowest BCUT2D eigenvalue weighted by Crippen LogP contribution is -2.35. The van der Waals surface area contributed by atoms with Gasteiger partial charge in [-0.3, -0.25) is 24.2 Å². The molecular formula is C27H20ClN3O3S2. The number of hydrogen-bond donors (Lipinski definition) is 1. The molecule has 3 aromatic carbocycles. The molecule has 0 saturated carbocycles. The molecular weight excluding hydrogens is 514 g/mol. The van der Waals surface area contributed by atoms with Crippen LogP contribution in [0.25, 0.3) is 5.57 Å². The first-order valence-corrected chi connectivity index (χ1v) is 12.7. The Bertz CT molecular complexity index is 1450. The second kappa shape index (κ2) is 9.89. The number of benzene rings is 3. The molecule has 0 spiro atoms. The standard InChI is InChI=1S/C27H20ClN3O3S2/c1-16-10-12-18(13-11-16)29-22(32)15-30-21-9-5-3-7-19(21)23(25(30)33)24-26(34)31(27(35)36-24)14-17-6-2-4-8-20(17)28/h2-13H,14-15H2,1H3,(H,29,32)/b24-23+. The summed E-state index contributed by atoms with van der Waals surface area (Å²) in [6.45, 7) is 1.98. The highest BCUT2D eigenvalue weighted by atomic mass is 35.5. The number of thiocarbonyl (C=S) groups is 1. The first kappa shape index (κ1) is 24.2. The molecule has 0 radical (unpaired) electrons. The van der Waals surface area contributed by atoms with E-state index in [1.54, 1.807) is 30.3 Å². The van der Waals surface area contributed by atoms with E-state index >= 15 is 0 Å². The highest BCUT2D eigenvalue weighted by molar-refractivity contribution is 8.26. The molecule has 0 aromatic heterocycles. The fraction of sp³-hybridized carbons (Fsp3) is 0.111. The minimum Gasteiger partial charge on any atom is -0.325 e. The summed E-state index contributed by atoms with van der Waals surface area (Å²) in [5.74, 6) is -1.10. The zero-order valence-electron chi connectivity index (χ0n) is 19.2. The average Bonchev–Trinajstić information content (AvgIpc) is 3.29. The van der Waals surface area contributed by atoms with Crippen molar-refractivity contribution in [3.8, 4) is 0 Å². The minimum absolute atomic E-state index is 0.187. The Morgan fingerprint density at radius 3 is 2.39 bits per heavy atom. The van der Waals surface area contributed by atoms with Gasteiger partial charge >= 0.3 is 0 Å². The van der Waals surface area contributed by atoms with Gasteiger partial charge in [-0.25, -0.2) is 0 Å². The number of thioether (sulfide) groups is 1. The number of nitrogens with zero attached hydrogens (tertiary/aromatic N) is 2. The lowest BCUT2D eigenvalue weighted by Gasteiger charge is -2.17. The van der Waals surface area contributed by atoms with Crippen LogP contribution in [0.1, 0.15) is 16.7 Å². The van der Waals surface area contributed by atoms with E-state index in [9.17, 15) is 14.4 Å². The number of carbonyl (C=O) groups excluding carboxylic acids is 3. The third-order valence-corrected chi connectivity index (χ3v) is 7.74. The topological polar surface area (TPSA) is 69.7 Å². The molecule has 6 nitrogen and oxygen atoms in total. The summed E-state index contributed by atoms with van der Waals surface area (Å²) in [5.41, 5.74) is 3.91. The van der Waals surface area contributed by atoms with Crippen molar-refractivity contribution in [2.24, 2.45) is 0 Å². The van der Waals surface area contributed by atoms with Crippen LogP contribution in [0, 0.1) is 6.92 Å². The highest BCUT2D eigenvalue weighted by Gasteiger charge is 2.42. The number of para-hydroxylation sites is 1. The van der Waals surface area contributed by atoms with E-state index in [0.29, 0.717) is 26.3 Å². The van der Waals surface area contributed by atoms with Gasteiger partial charge in [-0.1, -0.05) is 89.7 Å². The predicted molar refractivity (Wildman–Crippen MR) is 148 cm³/mol. The Kier molecular flexibility index (Phi) is 6.66. The van der Waals surface area contributed by atoms with Crippen LogP contribution >= 0.6 is 35.6 Å². The number of rotatable bonds is 5. The van der Waals surface area contributed by atoms with E-state index in [4.69, 9.17) is 23.8 Å². The molecule has 2 aliphatic heterocycles. The van der Waals surface area contributed by atoms with Gasteiger partial charge in [0.1, 0.15) is 10.9 Å². The summed E-state index contributed by atoms with van der Waals surface area (Å²) in [5, 5.41) is 3.36. The Labute approximate surface area is 222 Å². The summed E-state index contributed by atoms with van der Waals surface area (Å²) in [6, 6.07) is 21.8. The lowest BCUT2D eigenvalue weighted by atomic mass is 10.1. The second-order valence-corrected chi connectivity index (χ2v) is 10.4. The summed E-state index contributed by atoms with van der Waals surface area (Å²) in [4.78, 5) is 42.9. The van der Waals surface area contributed by atoms with Gasteiger partial charge in [0.2, 0.25) is 5.91 Å². The maximum Gasteiger partial charge on any atom is 0.267 e. The Hall–Kier alpha value is -3.46. The SMILES string of the molecule is Cc1ccc(NC(=O)CN2C(=O)/C(=C3/SC(=S)N(Cc4ccccc4Cl)C3=O)c3ccccc32)cc1. The van der Waals surface area contributed by atoms with Gasteiger partial charge in [0.05, 0.1) is 22.7 Å². The van der Waals surface area contributed by atoms with Crippen LogP contribution < -0.4 is 10.2 Å². The first-order chi connectivity index (χ1) is 17.3. The maximum atomic E-state index is 13.6. The molecule has 2 aliphatic rings. The minimum atomic E-state index is -0.409. The van der Waals surface area contributed by atoms with Crippen molar-refractivity contribution in [1.29, 1.82) is 0 Å². The van der Waals surface area contributed by atoms with Crippen molar-refractivity contribution in [3.63, 3.8) is 0 Å². The van der Waals surface area contributed by atoms with Crippen LogP contribution in [0.2, 0.25) is 5.02 Å². The highest BCUT2D eigenvalue weighted by Crippen LogP contribution is 2.45. The van der Waals surface area contributed by atoms with Crippen molar-refractivity contribution in [2.45, 2.75) is 13.5 Å². The van der Waals surface area contributed by atoms with Crippen LogP contribution in [0.4, 0.5) is 11.4 Å². The third-order valence-electron chi connectivity index (χ3n) is 5.92. The van der Waals surface area contributed by atoms with E-state index in [0.717, 1.165) is 22.9 Å². The third kappa shape index (κ3) is 4.55. The number of aryl methyl sites for hydroxylation is 1. The lowest BCUT2D eigenvalue weighted by molar-refractivity contribution is -0.122. The number of fused-ring (bicyclic) bond motifs is 1. The van der Waals surface area contributed by atoms with E-state index < -0.39 is 5.91 Å². The van der Waals surface area contributed by atoms with Gasteiger partial charge < -0.3 is 5.32 Å². The van der Waals surface area contributed by atoms with Gasteiger partial charge in [0.25, 0.3) is 11.8 Å². The second-order valence-electron chi connectivity index (χ2n) is 8.38. The normalized spacial score (nSPS) is 17.1. The van der Waals surface area contributed by atoms with Crippen molar-refractivity contribution < 1.29 is 14.4 Å². The van der Waals surface area contributed by atoms with Gasteiger partial charge in [0, 0.05) is 16.3 Å². The number of halogens is 1. The molecule has 1 fully saturated rings. The summed E-state index contributed by atoms with van der Waals surface area (Å²) in [7, 11) is 0. The molecule has 1 N–H and O–H groups in total. The van der Waals surface area contributed by atoms with Gasteiger partial charge in [0.15, 0.2) is 0 Å². The number of amides is 3. The van der Waals surface area contributed by atoms with Crippen molar-refractivity contribution >= 4 is 74.6 Å². The van der Waals surface area contributed by atoms with Gasteiger partial charge in [-0.15, -0.1) is 0 Å². The summed E-state index contributed by atoms with van der Waals surface area (Å²) < 4.78 is 0.350. The molecule has 36 heavy (non-hydrogen) atoms. The predicted octanol–water partition coefficient (Wildman–Crippen LogP) is 5.41. The maximum absolute atomic E-state index is 13.6. The van der Waals surface area contributed by atoms with Crippen molar-refractivity contribution in [3.05, 3.63) is 99.4 Å². The summed E-state index contributed by atoms with van der Waals surface area (Å²) in [6.07, 6.45) is 0. The fourth-order valence-electron chi connectivity index (χ4n) is 4.12. The molecule has 0 atom stereocenters. The van der Waals surface area contributed by atoms with Crippen molar-refractivity contribution in [1.82, 2.24) is 4.90 Å².